The van der Waals surface area contributed by atoms with Crippen molar-refractivity contribution < 1.29 is 4.74 Å². The Labute approximate surface area is 159 Å². The van der Waals surface area contributed by atoms with E-state index in [0.29, 0.717) is 12.0 Å². The maximum Gasteiger partial charge on any atom is 0.261 e. The van der Waals surface area contributed by atoms with Gasteiger partial charge in [-0.25, -0.2) is 4.98 Å². The molecule has 1 saturated carbocycles. The molecule has 0 N–H and O–H groups in total. The first kappa shape index (κ1) is 17.2. The van der Waals surface area contributed by atoms with Gasteiger partial charge in [-0.2, -0.15) is 0 Å². The van der Waals surface area contributed by atoms with Crippen molar-refractivity contribution in [3.8, 4) is 0 Å². The minimum atomic E-state index is 0.0971. The molecule has 1 unspecified atom stereocenters. The van der Waals surface area contributed by atoms with Gasteiger partial charge in [-0.1, -0.05) is 0 Å². The van der Waals surface area contributed by atoms with E-state index >= 15 is 0 Å². The molecule has 0 bridgehead atoms. The summed E-state index contributed by atoms with van der Waals surface area (Å²) in [6.45, 7) is 6.96. The quantitative estimate of drug-likeness (QED) is 0.809. The van der Waals surface area contributed by atoms with Gasteiger partial charge in [0.1, 0.15) is 0 Å². The Kier molecular flexibility index (Phi) is 4.61. The van der Waals surface area contributed by atoms with E-state index < -0.39 is 0 Å². The molecule has 3 fully saturated rings. The number of rotatable bonds is 5. The van der Waals surface area contributed by atoms with Crippen LogP contribution in [0, 0.1) is 5.92 Å². The van der Waals surface area contributed by atoms with Crippen molar-refractivity contribution in [3.63, 3.8) is 0 Å². The highest BCUT2D eigenvalue weighted by Crippen LogP contribution is 2.30. The van der Waals surface area contributed by atoms with Gasteiger partial charge in [0.15, 0.2) is 0 Å². The lowest BCUT2D eigenvalue weighted by Gasteiger charge is -2.37. The van der Waals surface area contributed by atoms with Crippen LogP contribution < -0.4 is 10.5 Å². The molecule has 144 valence electrons. The molecule has 0 spiro atoms. The van der Waals surface area contributed by atoms with Gasteiger partial charge in [-0.05, 0) is 49.8 Å². The second-order valence-electron chi connectivity index (χ2n) is 8.27. The van der Waals surface area contributed by atoms with Crippen LogP contribution in [0.2, 0.25) is 0 Å². The molecule has 3 aliphatic rings. The lowest BCUT2D eigenvalue weighted by molar-refractivity contribution is 0.0713. The molecule has 0 amide bonds. The van der Waals surface area contributed by atoms with Gasteiger partial charge in [-0.3, -0.25) is 14.3 Å². The summed E-state index contributed by atoms with van der Waals surface area (Å²) < 4.78 is 7.55. The maximum absolute atomic E-state index is 12.7. The van der Waals surface area contributed by atoms with Crippen LogP contribution in [-0.4, -0.2) is 59.9 Å². The first-order valence-electron chi connectivity index (χ1n) is 10.3. The van der Waals surface area contributed by atoms with Crippen molar-refractivity contribution >= 4 is 16.6 Å². The number of hydrogen-bond acceptors (Lipinski definition) is 5. The lowest BCUT2D eigenvalue weighted by Crippen LogP contribution is -2.48. The van der Waals surface area contributed by atoms with E-state index in [4.69, 9.17) is 4.74 Å². The number of fused-ring (bicyclic) bond motifs is 1. The van der Waals surface area contributed by atoms with E-state index in [1.807, 2.05) is 6.07 Å². The summed E-state index contributed by atoms with van der Waals surface area (Å²) in [6.07, 6.45) is 7.04. The topological polar surface area (TPSA) is 50.6 Å². The van der Waals surface area contributed by atoms with Crippen LogP contribution >= 0.6 is 0 Å². The van der Waals surface area contributed by atoms with Gasteiger partial charge in [-0.15, -0.1) is 0 Å². The Morgan fingerprint density at radius 3 is 2.67 bits per heavy atom. The molecule has 2 saturated heterocycles. The van der Waals surface area contributed by atoms with Crippen LogP contribution in [0.15, 0.2) is 29.3 Å². The van der Waals surface area contributed by atoms with Gasteiger partial charge in [0.25, 0.3) is 5.56 Å². The molecule has 6 heteroatoms. The van der Waals surface area contributed by atoms with Crippen molar-refractivity contribution in [2.24, 2.45) is 5.92 Å². The molecule has 1 aliphatic carbocycles. The first-order chi connectivity index (χ1) is 13.3. The summed E-state index contributed by atoms with van der Waals surface area (Å²) in [5.74, 6) is 0.673. The molecule has 6 nitrogen and oxygen atoms in total. The van der Waals surface area contributed by atoms with E-state index in [-0.39, 0.29) is 5.56 Å². The number of nitrogens with zero attached hydrogens (tertiary/aromatic N) is 4. The number of anilines is 1. The number of piperazine rings is 1. The second kappa shape index (κ2) is 7.24. The Morgan fingerprint density at radius 2 is 1.93 bits per heavy atom. The third-order valence-corrected chi connectivity index (χ3v) is 6.18. The summed E-state index contributed by atoms with van der Waals surface area (Å²) in [4.78, 5) is 22.2. The zero-order valence-corrected chi connectivity index (χ0v) is 15.8. The van der Waals surface area contributed by atoms with Gasteiger partial charge >= 0.3 is 0 Å². The van der Waals surface area contributed by atoms with Crippen LogP contribution in [0.4, 0.5) is 5.69 Å². The molecule has 27 heavy (non-hydrogen) atoms. The molecule has 1 atom stereocenters. The Bertz CT molecular complexity index is 862. The third kappa shape index (κ3) is 3.73. The smallest absolute Gasteiger partial charge is 0.261 e. The van der Waals surface area contributed by atoms with Gasteiger partial charge in [0, 0.05) is 51.6 Å². The van der Waals surface area contributed by atoms with Gasteiger partial charge < -0.3 is 9.64 Å². The van der Waals surface area contributed by atoms with Crippen LogP contribution in [-0.2, 0) is 11.3 Å². The van der Waals surface area contributed by atoms with Crippen molar-refractivity contribution in [2.45, 2.75) is 38.3 Å². The van der Waals surface area contributed by atoms with E-state index in [1.54, 1.807) is 10.9 Å². The number of hydrogen-bond donors (Lipinski definition) is 0. The van der Waals surface area contributed by atoms with E-state index in [1.165, 1.54) is 31.4 Å². The molecule has 3 heterocycles. The minimum absolute atomic E-state index is 0.0971. The third-order valence-electron chi connectivity index (χ3n) is 6.18. The normalized spacial score (nSPS) is 24.0. The summed E-state index contributed by atoms with van der Waals surface area (Å²) >= 11 is 0. The maximum atomic E-state index is 12.7. The molecule has 1 aromatic carbocycles. The Balaban J connectivity index is 1.27. The van der Waals surface area contributed by atoms with Crippen molar-refractivity contribution in [2.75, 3.05) is 44.2 Å². The summed E-state index contributed by atoms with van der Waals surface area (Å²) in [7, 11) is 0. The number of benzene rings is 1. The standard InChI is InChI=1S/C21H28N4O2/c26-21-19-6-5-17(12-20(19)22-15-25(21)13-16-3-4-16)24-9-7-23(8-10-24)14-18-2-1-11-27-18/h5-6,12,15-16,18H,1-4,7-11,13-14H2. The molecular weight excluding hydrogens is 340 g/mol. The summed E-state index contributed by atoms with van der Waals surface area (Å²) in [5.41, 5.74) is 2.08. The minimum Gasteiger partial charge on any atom is -0.377 e. The Hall–Kier alpha value is -1.92. The molecule has 5 rings (SSSR count). The fourth-order valence-corrected chi connectivity index (χ4v) is 4.32. The lowest BCUT2D eigenvalue weighted by atomic mass is 10.1. The van der Waals surface area contributed by atoms with E-state index in [0.717, 1.165) is 56.8 Å². The number of ether oxygens (including phenoxy) is 1. The van der Waals surface area contributed by atoms with Crippen LogP contribution in [0.25, 0.3) is 10.9 Å². The number of aromatic nitrogens is 2. The predicted molar refractivity (Wildman–Crippen MR) is 106 cm³/mol. The molecule has 0 radical (unpaired) electrons. The fraction of sp³-hybridized carbons (Fsp3) is 0.619. The van der Waals surface area contributed by atoms with Crippen molar-refractivity contribution in [3.05, 3.63) is 34.9 Å². The van der Waals surface area contributed by atoms with Crippen LogP contribution in [0.5, 0.6) is 0 Å². The summed E-state index contributed by atoms with van der Waals surface area (Å²) in [6, 6.07) is 6.12. The first-order valence-corrected chi connectivity index (χ1v) is 10.3. The van der Waals surface area contributed by atoms with Crippen molar-refractivity contribution in [1.82, 2.24) is 14.5 Å². The highest BCUT2D eigenvalue weighted by atomic mass is 16.5. The fourth-order valence-electron chi connectivity index (χ4n) is 4.32. The van der Waals surface area contributed by atoms with Crippen molar-refractivity contribution in [1.29, 1.82) is 0 Å². The van der Waals surface area contributed by atoms with E-state index in [9.17, 15) is 4.79 Å². The van der Waals surface area contributed by atoms with Gasteiger partial charge in [0.2, 0.25) is 0 Å². The zero-order valence-electron chi connectivity index (χ0n) is 15.8. The molecule has 1 aromatic heterocycles. The highest BCUT2D eigenvalue weighted by Gasteiger charge is 2.24. The molecular formula is C21H28N4O2. The SMILES string of the molecule is O=c1c2ccc(N3CCN(CC4CCCO4)CC3)cc2ncn1CC1CC1. The van der Waals surface area contributed by atoms with Gasteiger partial charge in [0.05, 0.1) is 23.3 Å². The summed E-state index contributed by atoms with van der Waals surface area (Å²) in [5, 5.41) is 0.735. The average molecular weight is 368 g/mol. The van der Waals surface area contributed by atoms with E-state index in [2.05, 4.69) is 26.9 Å². The zero-order chi connectivity index (χ0) is 18.2. The highest BCUT2D eigenvalue weighted by molar-refractivity contribution is 5.81. The van der Waals surface area contributed by atoms with Crippen LogP contribution in [0.3, 0.4) is 0 Å². The monoisotopic (exact) mass is 368 g/mol. The molecule has 2 aliphatic heterocycles. The predicted octanol–water partition coefficient (Wildman–Crippen LogP) is 2.11. The van der Waals surface area contributed by atoms with Crippen LogP contribution in [0.1, 0.15) is 25.7 Å². The largest absolute Gasteiger partial charge is 0.377 e. The Morgan fingerprint density at radius 1 is 1.07 bits per heavy atom. The second-order valence-corrected chi connectivity index (χ2v) is 8.27. The molecule has 2 aromatic rings. The average Bonchev–Trinajstić information content (AvgIpc) is 3.37.